The predicted octanol–water partition coefficient (Wildman–Crippen LogP) is 4.63. The zero-order chi connectivity index (χ0) is 22.0. The van der Waals surface area contributed by atoms with Crippen molar-refractivity contribution in [3.63, 3.8) is 0 Å². The molecule has 6 heteroatoms. The minimum Gasteiger partial charge on any atom is -0.444 e. The summed E-state index contributed by atoms with van der Waals surface area (Å²) in [4.78, 5) is 11.4. The van der Waals surface area contributed by atoms with Crippen molar-refractivity contribution in [2.24, 2.45) is 5.73 Å². The molecule has 0 aliphatic carbocycles. The molecule has 29 heavy (non-hydrogen) atoms. The number of nitrogens with one attached hydrogen (secondary N) is 3. The molecule has 0 atom stereocenters. The number of carbonyl (C=O) groups is 1. The fourth-order valence-electron chi connectivity index (χ4n) is 2.25. The van der Waals surface area contributed by atoms with E-state index in [2.05, 4.69) is 5.32 Å². The van der Waals surface area contributed by atoms with Gasteiger partial charge in [-0.1, -0.05) is 48.5 Å². The van der Waals surface area contributed by atoms with E-state index in [1.807, 2.05) is 69.3 Å². The molecule has 1 amide bonds. The second kappa shape index (κ2) is 11.1. The van der Waals surface area contributed by atoms with Crippen molar-refractivity contribution in [3.05, 3.63) is 70.8 Å². The fraction of sp³-hybridized carbons (Fsp3) is 0.348. The Morgan fingerprint density at radius 1 is 0.897 bits per heavy atom. The van der Waals surface area contributed by atoms with E-state index >= 15 is 0 Å². The third kappa shape index (κ3) is 9.67. The highest BCUT2D eigenvalue weighted by atomic mass is 16.6. The number of rotatable bonds is 5. The van der Waals surface area contributed by atoms with Crippen molar-refractivity contribution in [2.75, 3.05) is 0 Å². The van der Waals surface area contributed by atoms with E-state index in [9.17, 15) is 4.79 Å². The Balaban J connectivity index is 0.000000326. The predicted molar refractivity (Wildman–Crippen MR) is 119 cm³/mol. The summed E-state index contributed by atoms with van der Waals surface area (Å²) in [6.45, 7) is 9.99. The van der Waals surface area contributed by atoms with Gasteiger partial charge in [0.15, 0.2) is 0 Å². The maximum Gasteiger partial charge on any atom is 0.407 e. The van der Waals surface area contributed by atoms with Crippen LogP contribution in [0.4, 0.5) is 4.79 Å². The van der Waals surface area contributed by atoms with Gasteiger partial charge >= 0.3 is 6.09 Å². The Morgan fingerprint density at radius 2 is 1.31 bits per heavy atom. The number of alkyl carbamates (subject to hydrolysis) is 1. The first-order valence-electron chi connectivity index (χ1n) is 9.47. The molecule has 2 aromatic rings. The van der Waals surface area contributed by atoms with Gasteiger partial charge in [-0.3, -0.25) is 0 Å². The van der Waals surface area contributed by atoms with Crippen LogP contribution in [0.2, 0.25) is 0 Å². The lowest BCUT2D eigenvalue weighted by atomic mass is 10.1. The smallest absolute Gasteiger partial charge is 0.407 e. The van der Waals surface area contributed by atoms with Gasteiger partial charge in [-0.15, -0.1) is 0 Å². The molecule has 2 rings (SSSR count). The summed E-state index contributed by atoms with van der Waals surface area (Å²) in [6.07, 6.45) is -0.421. The summed E-state index contributed by atoms with van der Waals surface area (Å²) in [6, 6.07) is 15.3. The summed E-state index contributed by atoms with van der Waals surface area (Å²) in [5.41, 5.74) is 9.99. The van der Waals surface area contributed by atoms with Crippen LogP contribution in [-0.2, 0) is 17.8 Å². The molecular formula is C23H32N4O2. The van der Waals surface area contributed by atoms with Crippen molar-refractivity contribution in [3.8, 4) is 0 Å². The van der Waals surface area contributed by atoms with E-state index in [1.165, 1.54) is 0 Å². The first-order valence-corrected chi connectivity index (χ1v) is 9.47. The molecule has 0 unspecified atom stereocenters. The summed E-state index contributed by atoms with van der Waals surface area (Å²) in [5, 5.41) is 17.5. The van der Waals surface area contributed by atoms with Crippen LogP contribution in [0, 0.1) is 10.8 Å². The Morgan fingerprint density at radius 3 is 1.66 bits per heavy atom. The molecule has 0 radical (unpaired) electrons. The Labute approximate surface area is 173 Å². The standard InChI is InChI=1S/C14H20N2O2.C9H12N2/c1-10(15)12-7-5-11(6-8-12)9-16-13(17)18-14(2,3)4;1-7(11)9-4-2-8(6-10)3-5-9/h5-8,15H,9H2,1-4H3,(H,16,17);2-5,11H,6,10H2,1H3. The quantitative estimate of drug-likeness (QED) is 0.553. The van der Waals surface area contributed by atoms with Gasteiger partial charge in [0.05, 0.1) is 0 Å². The van der Waals surface area contributed by atoms with Crippen molar-refractivity contribution < 1.29 is 9.53 Å². The van der Waals surface area contributed by atoms with Gasteiger partial charge in [0.1, 0.15) is 5.60 Å². The first-order chi connectivity index (χ1) is 13.5. The van der Waals surface area contributed by atoms with E-state index in [0.717, 1.165) is 22.3 Å². The van der Waals surface area contributed by atoms with Crippen LogP contribution in [0.25, 0.3) is 0 Å². The molecule has 5 N–H and O–H groups in total. The van der Waals surface area contributed by atoms with Crippen LogP contribution in [0.1, 0.15) is 56.9 Å². The molecule has 0 aliphatic heterocycles. The van der Waals surface area contributed by atoms with E-state index < -0.39 is 11.7 Å². The number of ether oxygens (including phenoxy) is 1. The van der Waals surface area contributed by atoms with Crippen molar-refractivity contribution in [2.45, 2.75) is 53.3 Å². The Bertz CT molecular complexity index is 819. The van der Waals surface area contributed by atoms with Crippen LogP contribution in [0.3, 0.4) is 0 Å². The number of nitrogens with two attached hydrogens (primary N) is 1. The van der Waals surface area contributed by atoms with Gasteiger partial charge in [-0.25, -0.2) is 4.79 Å². The molecule has 0 bridgehead atoms. The van der Waals surface area contributed by atoms with E-state index in [1.54, 1.807) is 13.8 Å². The number of carbonyl (C=O) groups excluding carboxylic acids is 1. The van der Waals surface area contributed by atoms with Gasteiger partial charge in [-0.05, 0) is 56.9 Å². The molecule has 2 aromatic carbocycles. The van der Waals surface area contributed by atoms with Crippen molar-refractivity contribution in [1.82, 2.24) is 5.32 Å². The lowest BCUT2D eigenvalue weighted by molar-refractivity contribution is 0.0523. The topological polar surface area (TPSA) is 112 Å². The van der Waals surface area contributed by atoms with Gasteiger partial charge in [-0.2, -0.15) is 0 Å². The lowest BCUT2D eigenvalue weighted by Crippen LogP contribution is -2.32. The number of hydrogen-bond acceptors (Lipinski definition) is 5. The second-order valence-corrected chi connectivity index (χ2v) is 7.70. The molecule has 0 aliphatic rings. The molecule has 0 aromatic heterocycles. The van der Waals surface area contributed by atoms with Crippen LogP contribution in [0.15, 0.2) is 48.5 Å². The molecule has 156 valence electrons. The highest BCUT2D eigenvalue weighted by Gasteiger charge is 2.15. The molecule has 0 fully saturated rings. The third-order valence-corrected chi connectivity index (χ3v) is 3.85. The maximum absolute atomic E-state index is 11.4. The van der Waals surface area contributed by atoms with Crippen LogP contribution < -0.4 is 11.1 Å². The average Bonchev–Trinajstić information content (AvgIpc) is 2.66. The van der Waals surface area contributed by atoms with Crippen molar-refractivity contribution >= 4 is 17.5 Å². The SMILES string of the molecule is CC(=N)c1ccc(CN)cc1.CC(=N)c1ccc(CNC(=O)OC(C)(C)C)cc1. The second-order valence-electron chi connectivity index (χ2n) is 7.70. The van der Waals surface area contributed by atoms with Gasteiger partial charge in [0, 0.05) is 24.5 Å². The highest BCUT2D eigenvalue weighted by molar-refractivity contribution is 5.96. The number of benzene rings is 2. The lowest BCUT2D eigenvalue weighted by Gasteiger charge is -2.19. The molecular weight excluding hydrogens is 364 g/mol. The van der Waals surface area contributed by atoms with E-state index in [4.69, 9.17) is 21.3 Å². The van der Waals surface area contributed by atoms with E-state index in [0.29, 0.717) is 24.5 Å². The summed E-state index contributed by atoms with van der Waals surface area (Å²) >= 11 is 0. The number of amides is 1. The Hall–Kier alpha value is -2.99. The highest BCUT2D eigenvalue weighted by Crippen LogP contribution is 2.08. The molecule has 6 nitrogen and oxygen atoms in total. The van der Waals surface area contributed by atoms with Gasteiger partial charge in [0.2, 0.25) is 0 Å². The Kier molecular flexibility index (Phi) is 9.22. The number of hydrogen-bond donors (Lipinski definition) is 4. The molecule has 0 heterocycles. The van der Waals surface area contributed by atoms with Gasteiger partial charge < -0.3 is 26.6 Å². The van der Waals surface area contributed by atoms with Gasteiger partial charge in [0.25, 0.3) is 0 Å². The van der Waals surface area contributed by atoms with Crippen LogP contribution >= 0.6 is 0 Å². The maximum atomic E-state index is 11.4. The summed E-state index contributed by atoms with van der Waals surface area (Å²) in [7, 11) is 0. The summed E-state index contributed by atoms with van der Waals surface area (Å²) < 4.78 is 5.14. The molecule has 0 saturated heterocycles. The minimum absolute atomic E-state index is 0.421. The van der Waals surface area contributed by atoms with Crippen molar-refractivity contribution in [1.29, 1.82) is 10.8 Å². The fourth-order valence-corrected chi connectivity index (χ4v) is 2.25. The third-order valence-electron chi connectivity index (χ3n) is 3.85. The zero-order valence-corrected chi connectivity index (χ0v) is 17.9. The zero-order valence-electron chi connectivity index (χ0n) is 17.9. The normalized spacial score (nSPS) is 10.4. The average molecular weight is 397 g/mol. The summed E-state index contributed by atoms with van der Waals surface area (Å²) in [5.74, 6) is 0. The van der Waals surface area contributed by atoms with Crippen LogP contribution in [-0.4, -0.2) is 23.1 Å². The molecule has 0 saturated carbocycles. The largest absolute Gasteiger partial charge is 0.444 e. The van der Waals surface area contributed by atoms with E-state index in [-0.39, 0.29) is 0 Å². The monoisotopic (exact) mass is 396 g/mol. The molecule has 0 spiro atoms. The minimum atomic E-state index is -0.481. The van der Waals surface area contributed by atoms with Crippen LogP contribution in [0.5, 0.6) is 0 Å². The first kappa shape index (κ1) is 24.0.